The van der Waals surface area contributed by atoms with Crippen LogP contribution in [0.3, 0.4) is 0 Å². The Bertz CT molecular complexity index is 921. The molecule has 1 fully saturated rings. The van der Waals surface area contributed by atoms with Crippen LogP contribution < -0.4 is 5.32 Å². The highest BCUT2D eigenvalue weighted by atomic mass is 19.1. The Hall–Kier alpha value is -2.70. The fourth-order valence-electron chi connectivity index (χ4n) is 3.69. The number of hydrogen-bond acceptors (Lipinski definition) is 3. The quantitative estimate of drug-likeness (QED) is 0.851. The van der Waals surface area contributed by atoms with Crippen molar-refractivity contribution < 1.29 is 14.0 Å². The topological polar surface area (TPSA) is 67.2 Å². The van der Waals surface area contributed by atoms with Gasteiger partial charge in [0.1, 0.15) is 5.69 Å². The van der Waals surface area contributed by atoms with Crippen LogP contribution in [0.1, 0.15) is 45.0 Å². The molecule has 0 unspecified atom stereocenters. The lowest BCUT2D eigenvalue weighted by Crippen LogP contribution is -2.45. The van der Waals surface area contributed by atoms with Crippen LogP contribution in [0.5, 0.6) is 0 Å². The van der Waals surface area contributed by atoms with E-state index in [0.717, 1.165) is 11.4 Å². The maximum Gasteiger partial charge on any atom is 0.227 e. The molecule has 2 aromatic rings. The van der Waals surface area contributed by atoms with E-state index in [1.165, 1.54) is 6.07 Å². The summed E-state index contributed by atoms with van der Waals surface area (Å²) in [7, 11) is 0. The van der Waals surface area contributed by atoms with Gasteiger partial charge in [-0.3, -0.25) is 9.59 Å². The lowest BCUT2D eigenvalue weighted by Gasteiger charge is -2.35. The van der Waals surface area contributed by atoms with E-state index < -0.39 is 11.2 Å². The molecule has 6 nitrogen and oxygen atoms in total. The van der Waals surface area contributed by atoms with Gasteiger partial charge in [-0.25, -0.2) is 9.07 Å². The van der Waals surface area contributed by atoms with Gasteiger partial charge >= 0.3 is 0 Å². The first-order valence-corrected chi connectivity index (χ1v) is 9.99. The van der Waals surface area contributed by atoms with Gasteiger partial charge in [-0.1, -0.05) is 20.8 Å². The predicted octanol–water partition coefficient (Wildman–Crippen LogP) is 3.85. The number of halogens is 1. The Labute approximate surface area is 171 Å². The van der Waals surface area contributed by atoms with Crippen LogP contribution in [0.25, 0.3) is 5.69 Å². The first kappa shape index (κ1) is 21.0. The molecule has 2 heterocycles. The van der Waals surface area contributed by atoms with Crippen LogP contribution >= 0.6 is 0 Å². The largest absolute Gasteiger partial charge is 0.342 e. The predicted molar refractivity (Wildman–Crippen MR) is 110 cm³/mol. The lowest BCUT2D eigenvalue weighted by atomic mass is 9.90. The Kier molecular flexibility index (Phi) is 5.78. The van der Waals surface area contributed by atoms with Gasteiger partial charge in [-0.05, 0) is 51.0 Å². The lowest BCUT2D eigenvalue weighted by molar-refractivity contribution is -0.142. The van der Waals surface area contributed by atoms with Crippen LogP contribution in [0, 0.1) is 31.0 Å². The van der Waals surface area contributed by atoms with E-state index >= 15 is 0 Å². The van der Waals surface area contributed by atoms with E-state index in [0.29, 0.717) is 37.3 Å². The molecule has 1 aromatic heterocycles. The Morgan fingerprint density at radius 3 is 2.31 bits per heavy atom. The van der Waals surface area contributed by atoms with Crippen molar-refractivity contribution in [3.05, 3.63) is 41.5 Å². The maximum atomic E-state index is 14.6. The summed E-state index contributed by atoms with van der Waals surface area (Å²) < 4.78 is 16.2. The normalized spacial score (nSPS) is 15.4. The SMILES string of the molecule is Cc1cc(C)n(-c2ccc(NC(=O)C3CCN(C(=O)C(C)(C)C)CC3)cc2F)n1. The van der Waals surface area contributed by atoms with Gasteiger partial charge in [-0.2, -0.15) is 5.10 Å². The van der Waals surface area contributed by atoms with Crippen LogP contribution in [0.4, 0.5) is 10.1 Å². The molecule has 1 saturated heterocycles. The highest BCUT2D eigenvalue weighted by Crippen LogP contribution is 2.25. The molecule has 0 aliphatic carbocycles. The number of aryl methyl sites for hydroxylation is 2. The van der Waals surface area contributed by atoms with Crippen molar-refractivity contribution in [2.24, 2.45) is 11.3 Å². The Morgan fingerprint density at radius 1 is 1.14 bits per heavy atom. The van der Waals surface area contributed by atoms with Gasteiger partial charge in [0.15, 0.2) is 5.82 Å². The third-order valence-corrected chi connectivity index (χ3v) is 5.25. The fourth-order valence-corrected chi connectivity index (χ4v) is 3.69. The van der Waals surface area contributed by atoms with Gasteiger partial charge < -0.3 is 10.2 Å². The summed E-state index contributed by atoms with van der Waals surface area (Å²) in [5, 5.41) is 7.11. The molecule has 3 rings (SSSR count). The van der Waals surface area contributed by atoms with E-state index in [1.807, 2.05) is 45.6 Å². The van der Waals surface area contributed by atoms with Crippen LogP contribution in [0.15, 0.2) is 24.3 Å². The Morgan fingerprint density at radius 2 is 1.79 bits per heavy atom. The molecule has 0 atom stereocenters. The van der Waals surface area contributed by atoms with Gasteiger partial charge in [0.2, 0.25) is 11.8 Å². The van der Waals surface area contributed by atoms with Crippen LogP contribution in [-0.2, 0) is 9.59 Å². The maximum absolute atomic E-state index is 14.6. The molecule has 29 heavy (non-hydrogen) atoms. The third kappa shape index (κ3) is 4.66. The zero-order valence-corrected chi connectivity index (χ0v) is 17.8. The number of nitrogens with zero attached hydrogens (tertiary/aromatic N) is 3. The highest BCUT2D eigenvalue weighted by Gasteiger charge is 2.32. The molecule has 0 saturated carbocycles. The molecule has 0 radical (unpaired) electrons. The second-order valence-corrected chi connectivity index (χ2v) is 8.81. The number of amides is 2. The number of piperidine rings is 1. The minimum atomic E-state index is -0.445. The van der Waals surface area contributed by atoms with E-state index in [1.54, 1.807) is 16.8 Å². The number of anilines is 1. The molecule has 0 bridgehead atoms. The monoisotopic (exact) mass is 400 g/mol. The summed E-state index contributed by atoms with van der Waals surface area (Å²) in [4.78, 5) is 26.8. The molecule has 7 heteroatoms. The average Bonchev–Trinajstić information content (AvgIpc) is 2.98. The Balaban J connectivity index is 1.62. The standard InChI is InChI=1S/C22H29FN4O2/c1-14-12-15(2)27(25-14)19-7-6-17(13-18(19)23)24-20(28)16-8-10-26(11-9-16)21(29)22(3,4)5/h6-7,12-13,16H,8-11H2,1-5H3,(H,24,28). The summed E-state index contributed by atoms with van der Waals surface area (Å²) >= 11 is 0. The molecule has 0 spiro atoms. The van der Waals surface area contributed by atoms with Crippen molar-refractivity contribution in [3.8, 4) is 5.69 Å². The number of nitrogens with one attached hydrogen (secondary N) is 1. The van der Waals surface area contributed by atoms with E-state index in [-0.39, 0.29) is 17.7 Å². The number of likely N-dealkylation sites (tertiary alicyclic amines) is 1. The van der Waals surface area contributed by atoms with Crippen LogP contribution in [-0.4, -0.2) is 39.6 Å². The van der Waals surface area contributed by atoms with E-state index in [4.69, 9.17) is 0 Å². The number of hydrogen-bond donors (Lipinski definition) is 1. The zero-order valence-electron chi connectivity index (χ0n) is 17.8. The van der Waals surface area contributed by atoms with Gasteiger partial charge in [0.05, 0.1) is 5.69 Å². The second-order valence-electron chi connectivity index (χ2n) is 8.81. The number of carbonyl (C=O) groups is 2. The number of carbonyl (C=O) groups excluding carboxylic acids is 2. The van der Waals surface area contributed by atoms with Crippen molar-refractivity contribution >= 4 is 17.5 Å². The third-order valence-electron chi connectivity index (χ3n) is 5.25. The number of benzene rings is 1. The zero-order chi connectivity index (χ0) is 21.3. The van der Waals surface area contributed by atoms with Gasteiger partial charge in [0, 0.05) is 35.8 Å². The van der Waals surface area contributed by atoms with E-state index in [2.05, 4.69) is 10.4 Å². The number of aromatic nitrogens is 2. The summed E-state index contributed by atoms with van der Waals surface area (Å²) in [6.07, 6.45) is 1.22. The fraction of sp³-hybridized carbons (Fsp3) is 0.500. The second kappa shape index (κ2) is 7.97. The minimum Gasteiger partial charge on any atom is -0.342 e. The molecule has 1 aromatic carbocycles. The smallest absolute Gasteiger partial charge is 0.227 e. The first-order chi connectivity index (χ1) is 13.6. The van der Waals surface area contributed by atoms with Crippen molar-refractivity contribution in [1.82, 2.24) is 14.7 Å². The van der Waals surface area contributed by atoms with E-state index in [9.17, 15) is 14.0 Å². The van der Waals surface area contributed by atoms with Gasteiger partial charge in [-0.15, -0.1) is 0 Å². The molecule has 2 amide bonds. The van der Waals surface area contributed by atoms with Crippen molar-refractivity contribution in [1.29, 1.82) is 0 Å². The number of rotatable bonds is 3. The molecular formula is C22H29FN4O2. The van der Waals surface area contributed by atoms with Gasteiger partial charge in [0.25, 0.3) is 0 Å². The minimum absolute atomic E-state index is 0.109. The molecule has 1 aliphatic heterocycles. The molecule has 1 N–H and O–H groups in total. The van der Waals surface area contributed by atoms with Crippen molar-refractivity contribution in [3.63, 3.8) is 0 Å². The highest BCUT2D eigenvalue weighted by molar-refractivity contribution is 5.93. The summed E-state index contributed by atoms with van der Waals surface area (Å²) in [5.41, 5.74) is 2.01. The molecule has 1 aliphatic rings. The van der Waals surface area contributed by atoms with Crippen molar-refractivity contribution in [2.45, 2.75) is 47.5 Å². The molecule has 156 valence electrons. The average molecular weight is 400 g/mol. The summed E-state index contributed by atoms with van der Waals surface area (Å²) in [5.74, 6) is -0.651. The summed E-state index contributed by atoms with van der Waals surface area (Å²) in [6.45, 7) is 10.6. The summed E-state index contributed by atoms with van der Waals surface area (Å²) in [6, 6.07) is 6.51. The first-order valence-electron chi connectivity index (χ1n) is 9.99. The molecular weight excluding hydrogens is 371 g/mol. The van der Waals surface area contributed by atoms with Crippen molar-refractivity contribution in [2.75, 3.05) is 18.4 Å². The van der Waals surface area contributed by atoms with Crippen LogP contribution in [0.2, 0.25) is 0 Å².